The number of benzene rings is 1. The first-order valence-electron chi connectivity index (χ1n) is 9.21. The Labute approximate surface area is 159 Å². The lowest BCUT2D eigenvalue weighted by Crippen LogP contribution is -2.23. The third kappa shape index (κ3) is 5.14. The first-order valence-corrected chi connectivity index (χ1v) is 10.1. The van der Waals surface area contributed by atoms with E-state index in [1.54, 1.807) is 11.3 Å². The number of aryl methyl sites for hydroxylation is 1. The molecule has 0 spiro atoms. The van der Waals surface area contributed by atoms with Gasteiger partial charge in [0.2, 0.25) is 5.91 Å². The zero-order valence-electron chi connectivity index (χ0n) is 15.5. The molecule has 5 nitrogen and oxygen atoms in total. The van der Waals surface area contributed by atoms with Crippen LogP contribution in [0.5, 0.6) is 0 Å². The van der Waals surface area contributed by atoms with Gasteiger partial charge < -0.3 is 4.90 Å². The quantitative estimate of drug-likeness (QED) is 0.641. The van der Waals surface area contributed by atoms with Crippen molar-refractivity contribution in [2.24, 2.45) is 5.10 Å². The first kappa shape index (κ1) is 18.6. The lowest BCUT2D eigenvalue weighted by atomic mass is 10.1. The molecule has 1 N–H and O–H groups in total. The molecule has 0 unspecified atom stereocenters. The van der Waals surface area contributed by atoms with Crippen LogP contribution in [0, 0.1) is 6.92 Å². The zero-order chi connectivity index (χ0) is 18.4. The maximum Gasteiger partial charge on any atom is 0.246 e. The molecule has 1 saturated heterocycles. The largest absolute Gasteiger partial charge is 0.372 e. The van der Waals surface area contributed by atoms with Crippen molar-refractivity contribution in [2.45, 2.75) is 46.0 Å². The van der Waals surface area contributed by atoms with Crippen LogP contribution in [-0.2, 0) is 11.2 Å². The van der Waals surface area contributed by atoms with E-state index >= 15 is 0 Å². The van der Waals surface area contributed by atoms with Crippen LogP contribution in [0.15, 0.2) is 34.7 Å². The van der Waals surface area contributed by atoms with Crippen LogP contribution in [0.1, 0.15) is 48.9 Å². The van der Waals surface area contributed by atoms with E-state index in [1.165, 1.54) is 31.4 Å². The molecular weight excluding hydrogens is 344 g/mol. The number of nitrogens with one attached hydrogen (secondary N) is 1. The number of carbonyl (C=O) groups is 1. The van der Waals surface area contributed by atoms with Gasteiger partial charge in [0, 0.05) is 24.2 Å². The molecule has 0 bridgehead atoms. The van der Waals surface area contributed by atoms with Crippen molar-refractivity contribution in [1.29, 1.82) is 0 Å². The SMILES string of the molecule is CC(=NNC(=O)Cc1csc(C)n1)c1ccc(N2CCCCCC2)cc1. The van der Waals surface area contributed by atoms with E-state index in [9.17, 15) is 4.79 Å². The van der Waals surface area contributed by atoms with E-state index < -0.39 is 0 Å². The van der Waals surface area contributed by atoms with E-state index in [2.05, 4.69) is 44.7 Å². The molecule has 2 heterocycles. The first-order chi connectivity index (χ1) is 12.6. The van der Waals surface area contributed by atoms with Gasteiger partial charge in [0.15, 0.2) is 0 Å². The van der Waals surface area contributed by atoms with Crippen molar-refractivity contribution in [3.8, 4) is 0 Å². The maximum absolute atomic E-state index is 12.0. The van der Waals surface area contributed by atoms with E-state index in [1.807, 2.05) is 19.2 Å². The van der Waals surface area contributed by atoms with Crippen molar-refractivity contribution >= 4 is 28.6 Å². The number of carbonyl (C=O) groups excluding carboxylic acids is 1. The second-order valence-corrected chi connectivity index (χ2v) is 7.78. The van der Waals surface area contributed by atoms with Crippen LogP contribution in [0.4, 0.5) is 5.69 Å². The molecule has 1 aromatic heterocycles. The summed E-state index contributed by atoms with van der Waals surface area (Å²) in [7, 11) is 0. The molecule has 0 aliphatic carbocycles. The van der Waals surface area contributed by atoms with Gasteiger partial charge in [-0.25, -0.2) is 10.4 Å². The van der Waals surface area contributed by atoms with Crippen molar-refractivity contribution in [3.05, 3.63) is 45.9 Å². The summed E-state index contributed by atoms with van der Waals surface area (Å²) < 4.78 is 0. The van der Waals surface area contributed by atoms with Crippen LogP contribution in [0.25, 0.3) is 0 Å². The maximum atomic E-state index is 12.0. The Bertz CT molecular complexity index is 758. The average molecular weight is 371 g/mol. The Morgan fingerprint density at radius 3 is 2.50 bits per heavy atom. The van der Waals surface area contributed by atoms with Crippen LogP contribution in [0.3, 0.4) is 0 Å². The number of amides is 1. The lowest BCUT2D eigenvalue weighted by Gasteiger charge is -2.22. The second kappa shape index (κ2) is 8.94. The fraction of sp³-hybridized carbons (Fsp3) is 0.450. The number of hydrogen-bond acceptors (Lipinski definition) is 5. The third-order valence-corrected chi connectivity index (χ3v) is 5.44. The Morgan fingerprint density at radius 2 is 1.88 bits per heavy atom. The standard InChI is InChI=1S/C20H26N4OS/c1-15(22-23-20(25)13-18-14-26-16(2)21-18)17-7-9-19(10-8-17)24-11-5-3-4-6-12-24/h7-10,14H,3-6,11-13H2,1-2H3,(H,23,25). The highest BCUT2D eigenvalue weighted by molar-refractivity contribution is 7.09. The molecule has 0 radical (unpaired) electrons. The minimum Gasteiger partial charge on any atom is -0.372 e. The summed E-state index contributed by atoms with van der Waals surface area (Å²) in [5, 5.41) is 7.11. The van der Waals surface area contributed by atoms with Crippen LogP contribution in [-0.4, -0.2) is 29.7 Å². The zero-order valence-corrected chi connectivity index (χ0v) is 16.3. The van der Waals surface area contributed by atoms with Crippen molar-refractivity contribution in [1.82, 2.24) is 10.4 Å². The third-order valence-electron chi connectivity index (χ3n) is 4.61. The van der Waals surface area contributed by atoms with Crippen LogP contribution < -0.4 is 10.3 Å². The van der Waals surface area contributed by atoms with Gasteiger partial charge in [0.05, 0.1) is 22.8 Å². The van der Waals surface area contributed by atoms with E-state index in [-0.39, 0.29) is 12.3 Å². The van der Waals surface area contributed by atoms with Gasteiger partial charge in [-0.1, -0.05) is 25.0 Å². The van der Waals surface area contributed by atoms with Crippen molar-refractivity contribution < 1.29 is 4.79 Å². The minimum atomic E-state index is -0.143. The van der Waals surface area contributed by atoms with Crippen molar-refractivity contribution in [2.75, 3.05) is 18.0 Å². The van der Waals surface area contributed by atoms with E-state index in [0.29, 0.717) is 0 Å². The Kier molecular flexibility index (Phi) is 6.39. The fourth-order valence-electron chi connectivity index (χ4n) is 3.15. The predicted octanol–water partition coefficient (Wildman–Crippen LogP) is 3.91. The van der Waals surface area contributed by atoms with Gasteiger partial charge in [-0.2, -0.15) is 5.10 Å². The highest BCUT2D eigenvalue weighted by Gasteiger charge is 2.10. The summed E-state index contributed by atoms with van der Waals surface area (Å²) in [5.74, 6) is -0.143. The molecule has 138 valence electrons. The van der Waals surface area contributed by atoms with E-state index in [0.717, 1.165) is 35.1 Å². The second-order valence-electron chi connectivity index (χ2n) is 6.71. The van der Waals surface area contributed by atoms with Gasteiger partial charge in [0.25, 0.3) is 0 Å². The average Bonchev–Trinajstić information content (AvgIpc) is 2.88. The van der Waals surface area contributed by atoms with Gasteiger partial charge in [-0.15, -0.1) is 11.3 Å². The van der Waals surface area contributed by atoms with Crippen LogP contribution >= 0.6 is 11.3 Å². The van der Waals surface area contributed by atoms with E-state index in [4.69, 9.17) is 0 Å². The molecule has 1 aliphatic heterocycles. The minimum absolute atomic E-state index is 0.143. The number of hydrazone groups is 1. The molecular formula is C20H26N4OS. The van der Waals surface area contributed by atoms with Gasteiger partial charge >= 0.3 is 0 Å². The molecule has 0 atom stereocenters. The molecule has 6 heteroatoms. The number of thiazole rings is 1. The summed E-state index contributed by atoms with van der Waals surface area (Å²) in [4.78, 5) is 18.8. The molecule has 26 heavy (non-hydrogen) atoms. The fourth-order valence-corrected chi connectivity index (χ4v) is 3.76. The Morgan fingerprint density at radius 1 is 1.19 bits per heavy atom. The number of nitrogens with zero attached hydrogens (tertiary/aromatic N) is 3. The number of rotatable bonds is 5. The van der Waals surface area contributed by atoms with Gasteiger partial charge in [-0.05, 0) is 44.4 Å². The summed E-state index contributed by atoms with van der Waals surface area (Å²) in [5.41, 5.74) is 6.51. The Balaban J connectivity index is 1.57. The topological polar surface area (TPSA) is 57.6 Å². The number of aromatic nitrogens is 1. The van der Waals surface area contributed by atoms with Crippen molar-refractivity contribution in [3.63, 3.8) is 0 Å². The highest BCUT2D eigenvalue weighted by atomic mass is 32.1. The molecule has 2 aromatic rings. The number of hydrogen-bond donors (Lipinski definition) is 1. The monoisotopic (exact) mass is 370 g/mol. The molecule has 1 amide bonds. The van der Waals surface area contributed by atoms with Gasteiger partial charge in [-0.3, -0.25) is 4.79 Å². The predicted molar refractivity (Wildman–Crippen MR) is 108 cm³/mol. The molecule has 0 saturated carbocycles. The lowest BCUT2D eigenvalue weighted by molar-refractivity contribution is -0.120. The summed E-state index contributed by atoms with van der Waals surface area (Å²) in [6, 6.07) is 8.46. The normalized spacial score (nSPS) is 15.6. The summed E-state index contributed by atoms with van der Waals surface area (Å²) >= 11 is 1.55. The van der Waals surface area contributed by atoms with Gasteiger partial charge in [0.1, 0.15) is 0 Å². The molecule has 3 rings (SSSR count). The molecule has 1 fully saturated rings. The molecule has 1 aromatic carbocycles. The van der Waals surface area contributed by atoms with Crippen LogP contribution in [0.2, 0.25) is 0 Å². The Hall–Kier alpha value is -2.21. The number of anilines is 1. The highest BCUT2D eigenvalue weighted by Crippen LogP contribution is 2.20. The smallest absolute Gasteiger partial charge is 0.246 e. The summed E-state index contributed by atoms with van der Waals surface area (Å²) in [6.45, 7) is 6.12. The molecule has 1 aliphatic rings. The summed E-state index contributed by atoms with van der Waals surface area (Å²) in [6.07, 6.45) is 5.47.